The highest BCUT2D eigenvalue weighted by Crippen LogP contribution is 2.33. The Bertz CT molecular complexity index is 247. The van der Waals surface area contributed by atoms with Crippen LogP contribution in [0.2, 0.25) is 0 Å². The number of nitrogens with zero attached hydrogens (tertiary/aromatic N) is 1. The molecule has 0 aromatic carbocycles. The Hall–Kier alpha value is -0.290. The van der Waals surface area contributed by atoms with E-state index in [1.54, 1.807) is 0 Å². The Morgan fingerprint density at radius 1 is 1.12 bits per heavy atom. The molecule has 17 heavy (non-hydrogen) atoms. The molecule has 2 heterocycles. The Morgan fingerprint density at radius 2 is 1.88 bits per heavy atom. The van der Waals surface area contributed by atoms with Gasteiger partial charge in [-0.1, -0.05) is 0 Å². The van der Waals surface area contributed by atoms with Crippen LogP contribution in [-0.4, -0.2) is 43.8 Å². The lowest BCUT2D eigenvalue weighted by Crippen LogP contribution is -2.50. The van der Waals surface area contributed by atoms with Gasteiger partial charge in [0.25, 0.3) is 0 Å². The minimum Gasteiger partial charge on any atom is -0.306 e. The van der Waals surface area contributed by atoms with Gasteiger partial charge in [0.05, 0.1) is 0 Å². The minimum absolute atomic E-state index is 0.244. The molecule has 2 fully saturated rings. The molecule has 0 spiro atoms. The second-order valence-corrected chi connectivity index (χ2v) is 5.50. The molecule has 0 bridgehead atoms. The molecule has 3 unspecified atom stereocenters. The summed E-state index contributed by atoms with van der Waals surface area (Å²) in [7, 11) is 2.10. The molecule has 0 saturated carbocycles. The van der Waals surface area contributed by atoms with Gasteiger partial charge in [-0.25, -0.2) is 0 Å². The van der Waals surface area contributed by atoms with E-state index in [1.165, 1.54) is 12.8 Å². The Balaban J connectivity index is 1.82. The van der Waals surface area contributed by atoms with Gasteiger partial charge in [-0.15, -0.1) is 0 Å². The summed E-state index contributed by atoms with van der Waals surface area (Å²) >= 11 is 0. The topological polar surface area (TPSA) is 15.3 Å². The third-order valence-electron chi connectivity index (χ3n) is 4.18. The van der Waals surface area contributed by atoms with Crippen LogP contribution in [0.15, 0.2) is 0 Å². The van der Waals surface area contributed by atoms with Crippen LogP contribution in [0.25, 0.3) is 0 Å². The molecule has 2 rings (SSSR count). The molecular formula is C12H21F3N2. The maximum absolute atomic E-state index is 12.5. The molecule has 0 aromatic rings. The number of hydrogen-bond acceptors (Lipinski definition) is 2. The summed E-state index contributed by atoms with van der Waals surface area (Å²) < 4.78 is 37.5. The first kappa shape index (κ1) is 13.1. The van der Waals surface area contributed by atoms with Crippen molar-refractivity contribution in [3.63, 3.8) is 0 Å². The zero-order valence-electron chi connectivity index (χ0n) is 10.3. The van der Waals surface area contributed by atoms with Crippen molar-refractivity contribution in [1.82, 2.24) is 10.2 Å². The predicted molar refractivity (Wildman–Crippen MR) is 60.8 cm³/mol. The standard InChI is InChI=1S/C12H21F3N2/c1-17-6-2-3-10(8-17)9-4-5-11(16-7-9)12(13,14)15/h9-11,16H,2-8H2,1H3. The normalized spacial score (nSPS) is 37.1. The van der Waals surface area contributed by atoms with E-state index in [1.807, 2.05) is 0 Å². The van der Waals surface area contributed by atoms with Crippen LogP contribution in [0.5, 0.6) is 0 Å². The van der Waals surface area contributed by atoms with Gasteiger partial charge in [0.2, 0.25) is 0 Å². The van der Waals surface area contributed by atoms with Crippen LogP contribution in [0.4, 0.5) is 13.2 Å². The lowest BCUT2D eigenvalue weighted by Gasteiger charge is -2.39. The van der Waals surface area contributed by atoms with Crippen LogP contribution >= 0.6 is 0 Å². The highest BCUT2D eigenvalue weighted by atomic mass is 19.4. The number of likely N-dealkylation sites (tertiary alicyclic amines) is 1. The smallest absolute Gasteiger partial charge is 0.306 e. The van der Waals surface area contributed by atoms with E-state index in [0.717, 1.165) is 19.5 Å². The molecule has 100 valence electrons. The minimum atomic E-state index is -4.08. The Kier molecular flexibility index (Phi) is 3.98. The first-order chi connectivity index (χ1) is 7.97. The maximum atomic E-state index is 12.5. The molecule has 2 aliphatic rings. The number of piperidine rings is 2. The fourth-order valence-corrected chi connectivity index (χ4v) is 3.15. The zero-order valence-corrected chi connectivity index (χ0v) is 10.3. The van der Waals surface area contributed by atoms with Crippen molar-refractivity contribution in [3.8, 4) is 0 Å². The summed E-state index contributed by atoms with van der Waals surface area (Å²) in [6, 6.07) is -1.28. The molecule has 5 heteroatoms. The number of hydrogen-bond donors (Lipinski definition) is 1. The second kappa shape index (κ2) is 5.14. The summed E-state index contributed by atoms with van der Waals surface area (Å²) in [6.45, 7) is 2.70. The fraction of sp³-hybridized carbons (Fsp3) is 1.00. The summed E-state index contributed by atoms with van der Waals surface area (Å²) in [5.74, 6) is 1.01. The van der Waals surface area contributed by atoms with Crippen molar-refractivity contribution in [2.24, 2.45) is 11.8 Å². The van der Waals surface area contributed by atoms with E-state index in [4.69, 9.17) is 0 Å². The number of alkyl halides is 3. The molecule has 2 nitrogen and oxygen atoms in total. The van der Waals surface area contributed by atoms with Gasteiger partial charge in [-0.3, -0.25) is 0 Å². The Morgan fingerprint density at radius 3 is 2.41 bits per heavy atom. The maximum Gasteiger partial charge on any atom is 0.403 e. The molecular weight excluding hydrogens is 229 g/mol. The van der Waals surface area contributed by atoms with Gasteiger partial charge >= 0.3 is 6.18 Å². The van der Waals surface area contributed by atoms with Gasteiger partial charge < -0.3 is 10.2 Å². The van der Waals surface area contributed by atoms with Crippen LogP contribution in [0.1, 0.15) is 25.7 Å². The third-order valence-corrected chi connectivity index (χ3v) is 4.18. The predicted octanol–water partition coefficient (Wildman–Crippen LogP) is 2.26. The average Bonchev–Trinajstić information content (AvgIpc) is 2.28. The fourth-order valence-electron chi connectivity index (χ4n) is 3.15. The second-order valence-electron chi connectivity index (χ2n) is 5.50. The van der Waals surface area contributed by atoms with E-state index in [-0.39, 0.29) is 6.42 Å². The first-order valence-electron chi connectivity index (χ1n) is 6.45. The monoisotopic (exact) mass is 250 g/mol. The number of rotatable bonds is 1. The van der Waals surface area contributed by atoms with Crippen molar-refractivity contribution >= 4 is 0 Å². The molecule has 0 aromatic heterocycles. The zero-order chi connectivity index (χ0) is 12.5. The van der Waals surface area contributed by atoms with Crippen LogP contribution in [0, 0.1) is 11.8 Å². The van der Waals surface area contributed by atoms with Gasteiger partial charge in [-0.2, -0.15) is 13.2 Å². The molecule has 3 atom stereocenters. The Labute approximate surface area is 101 Å². The van der Waals surface area contributed by atoms with Gasteiger partial charge in [-0.05, 0) is 57.7 Å². The molecule has 2 saturated heterocycles. The largest absolute Gasteiger partial charge is 0.403 e. The van der Waals surface area contributed by atoms with E-state index in [2.05, 4.69) is 17.3 Å². The molecule has 1 N–H and O–H groups in total. The van der Waals surface area contributed by atoms with Crippen LogP contribution < -0.4 is 5.32 Å². The highest BCUT2D eigenvalue weighted by Gasteiger charge is 2.42. The van der Waals surface area contributed by atoms with Crippen molar-refractivity contribution in [2.75, 3.05) is 26.7 Å². The van der Waals surface area contributed by atoms with Crippen molar-refractivity contribution in [3.05, 3.63) is 0 Å². The van der Waals surface area contributed by atoms with Crippen molar-refractivity contribution in [1.29, 1.82) is 0 Å². The molecule has 0 aliphatic carbocycles. The van der Waals surface area contributed by atoms with E-state index in [0.29, 0.717) is 18.4 Å². The quantitative estimate of drug-likeness (QED) is 0.768. The summed E-state index contributed by atoms with van der Waals surface area (Å²) in [6.07, 6.45) is -0.758. The van der Waals surface area contributed by atoms with E-state index < -0.39 is 12.2 Å². The third kappa shape index (κ3) is 3.35. The summed E-state index contributed by atoms with van der Waals surface area (Å²) in [5, 5.41) is 2.68. The average molecular weight is 250 g/mol. The van der Waals surface area contributed by atoms with Crippen molar-refractivity contribution in [2.45, 2.75) is 37.9 Å². The molecule has 2 aliphatic heterocycles. The van der Waals surface area contributed by atoms with Crippen molar-refractivity contribution < 1.29 is 13.2 Å². The number of nitrogens with one attached hydrogen (secondary N) is 1. The molecule has 0 amide bonds. The molecule has 0 radical (unpaired) electrons. The van der Waals surface area contributed by atoms with E-state index >= 15 is 0 Å². The van der Waals surface area contributed by atoms with Gasteiger partial charge in [0, 0.05) is 6.54 Å². The van der Waals surface area contributed by atoms with Crippen LogP contribution in [0.3, 0.4) is 0 Å². The summed E-state index contributed by atoms with van der Waals surface area (Å²) in [5.41, 5.74) is 0. The van der Waals surface area contributed by atoms with E-state index in [9.17, 15) is 13.2 Å². The van der Waals surface area contributed by atoms with Crippen LogP contribution in [-0.2, 0) is 0 Å². The highest BCUT2D eigenvalue weighted by molar-refractivity contribution is 4.87. The number of halogens is 3. The lowest BCUT2D eigenvalue weighted by atomic mass is 9.80. The van der Waals surface area contributed by atoms with Gasteiger partial charge in [0.15, 0.2) is 0 Å². The lowest BCUT2D eigenvalue weighted by molar-refractivity contribution is -0.163. The van der Waals surface area contributed by atoms with Gasteiger partial charge in [0.1, 0.15) is 6.04 Å². The first-order valence-corrected chi connectivity index (χ1v) is 6.45. The SMILES string of the molecule is CN1CCCC(C2CCC(C(F)(F)F)NC2)C1. The summed E-state index contributed by atoms with van der Waals surface area (Å²) in [4.78, 5) is 2.30.